The number of likely N-dealkylation sites (N-methyl/N-ethyl adjacent to an activating group) is 1. The second-order valence-electron chi connectivity index (χ2n) is 6.96. The highest BCUT2D eigenvalue weighted by molar-refractivity contribution is 5.81. The van der Waals surface area contributed by atoms with E-state index in [1.807, 2.05) is 11.9 Å². The minimum Gasteiger partial charge on any atom is -0.344 e. The number of hydrogen-bond acceptors (Lipinski definition) is 2. The summed E-state index contributed by atoms with van der Waals surface area (Å²) in [5.41, 5.74) is 0. The van der Waals surface area contributed by atoms with Gasteiger partial charge < -0.3 is 10.2 Å². The van der Waals surface area contributed by atoms with Crippen LogP contribution in [0.1, 0.15) is 57.8 Å². The number of nitrogens with zero attached hydrogens (tertiary/aromatic N) is 1. The molecule has 3 atom stereocenters. The summed E-state index contributed by atoms with van der Waals surface area (Å²) < 4.78 is 0. The number of piperidine rings is 1. The molecular weight excluding hydrogens is 236 g/mol. The molecule has 3 nitrogen and oxygen atoms in total. The molecule has 1 heterocycles. The molecule has 0 radical (unpaired) electrons. The normalized spacial score (nSPS) is 35.3. The summed E-state index contributed by atoms with van der Waals surface area (Å²) >= 11 is 0. The third kappa shape index (κ3) is 2.96. The van der Waals surface area contributed by atoms with Crippen LogP contribution in [0.2, 0.25) is 0 Å². The zero-order valence-corrected chi connectivity index (χ0v) is 12.2. The summed E-state index contributed by atoms with van der Waals surface area (Å²) in [5.74, 6) is 1.96. The molecular formula is C16H28N2O. The smallest absolute Gasteiger partial charge is 0.239 e. The largest absolute Gasteiger partial charge is 0.344 e. The molecule has 3 heteroatoms. The van der Waals surface area contributed by atoms with Gasteiger partial charge in [-0.2, -0.15) is 0 Å². The average Bonchev–Trinajstić information content (AvgIpc) is 2.41. The Labute approximate surface area is 117 Å². The lowest BCUT2D eigenvalue weighted by Crippen LogP contribution is -2.55. The number of nitrogens with one attached hydrogen (secondary N) is 1. The first-order chi connectivity index (χ1) is 9.24. The molecule has 1 saturated heterocycles. The topological polar surface area (TPSA) is 32.3 Å². The Kier molecular flexibility index (Phi) is 4.11. The lowest BCUT2D eigenvalue weighted by atomic mass is 9.77. The van der Waals surface area contributed by atoms with E-state index in [-0.39, 0.29) is 6.04 Å². The molecule has 3 aliphatic rings. The average molecular weight is 264 g/mol. The molecule has 108 valence electrons. The minimum atomic E-state index is 0.101. The molecule has 0 bridgehead atoms. The van der Waals surface area contributed by atoms with Gasteiger partial charge in [-0.15, -0.1) is 0 Å². The molecule has 19 heavy (non-hydrogen) atoms. The van der Waals surface area contributed by atoms with Gasteiger partial charge in [-0.25, -0.2) is 0 Å². The zero-order chi connectivity index (χ0) is 13.2. The highest BCUT2D eigenvalue weighted by Gasteiger charge is 2.35. The molecule has 0 aromatic carbocycles. The molecule has 3 rings (SSSR count). The van der Waals surface area contributed by atoms with Gasteiger partial charge in [0.2, 0.25) is 5.91 Å². The van der Waals surface area contributed by atoms with Crippen molar-refractivity contribution in [1.82, 2.24) is 10.2 Å². The van der Waals surface area contributed by atoms with Gasteiger partial charge in [-0.1, -0.05) is 19.3 Å². The first kappa shape index (κ1) is 13.4. The third-order valence-corrected chi connectivity index (χ3v) is 5.58. The van der Waals surface area contributed by atoms with E-state index in [1.165, 1.54) is 51.4 Å². The molecule has 0 spiro atoms. The maximum Gasteiger partial charge on any atom is 0.239 e. The Bertz CT molecular complexity index is 327. The molecule has 0 aromatic rings. The Morgan fingerprint density at radius 1 is 1.05 bits per heavy atom. The van der Waals surface area contributed by atoms with Crippen LogP contribution in [0.25, 0.3) is 0 Å². The lowest BCUT2D eigenvalue weighted by molar-refractivity contribution is -0.134. The first-order valence-electron chi connectivity index (χ1n) is 8.25. The standard InChI is InChI=1S/C16H28N2O/c1-18(11-12-5-4-6-12)16(19)15-10-9-13-7-2-3-8-14(13)17-15/h12-15,17H,2-11H2,1H3. The maximum absolute atomic E-state index is 12.5. The van der Waals surface area contributed by atoms with Crippen LogP contribution in [0, 0.1) is 11.8 Å². The van der Waals surface area contributed by atoms with E-state index in [0.29, 0.717) is 11.9 Å². The van der Waals surface area contributed by atoms with E-state index in [1.54, 1.807) is 0 Å². The number of fused-ring (bicyclic) bond motifs is 1. The third-order valence-electron chi connectivity index (χ3n) is 5.58. The summed E-state index contributed by atoms with van der Waals surface area (Å²) in [7, 11) is 2.00. The molecule has 3 unspecified atom stereocenters. The summed E-state index contributed by atoms with van der Waals surface area (Å²) in [6.07, 6.45) is 11.7. The van der Waals surface area contributed by atoms with E-state index in [0.717, 1.165) is 24.8 Å². The molecule has 1 N–H and O–H groups in total. The van der Waals surface area contributed by atoms with Gasteiger partial charge in [0.15, 0.2) is 0 Å². The van der Waals surface area contributed by atoms with Gasteiger partial charge in [0.1, 0.15) is 0 Å². The Morgan fingerprint density at radius 3 is 2.58 bits per heavy atom. The van der Waals surface area contributed by atoms with E-state index in [2.05, 4.69) is 5.32 Å². The molecule has 0 aromatic heterocycles. The number of carbonyl (C=O) groups is 1. The highest BCUT2D eigenvalue weighted by Crippen LogP contribution is 2.33. The van der Waals surface area contributed by atoms with Crippen molar-refractivity contribution < 1.29 is 4.79 Å². The quantitative estimate of drug-likeness (QED) is 0.849. The van der Waals surface area contributed by atoms with Crippen LogP contribution in [0.5, 0.6) is 0 Å². The van der Waals surface area contributed by atoms with E-state index < -0.39 is 0 Å². The fourth-order valence-corrected chi connectivity index (χ4v) is 4.11. The highest BCUT2D eigenvalue weighted by atomic mass is 16.2. The number of amides is 1. The Hall–Kier alpha value is -0.570. The van der Waals surface area contributed by atoms with Gasteiger partial charge in [-0.05, 0) is 50.4 Å². The number of carbonyl (C=O) groups excluding carboxylic acids is 1. The van der Waals surface area contributed by atoms with Gasteiger partial charge in [0, 0.05) is 19.6 Å². The van der Waals surface area contributed by atoms with Gasteiger partial charge >= 0.3 is 0 Å². The summed E-state index contributed by atoms with van der Waals surface area (Å²) in [5, 5.41) is 3.65. The predicted molar refractivity (Wildman–Crippen MR) is 76.9 cm³/mol. The van der Waals surface area contributed by atoms with Crippen molar-refractivity contribution in [3.05, 3.63) is 0 Å². The summed E-state index contributed by atoms with van der Waals surface area (Å²) in [6.45, 7) is 0.977. The molecule has 2 aliphatic carbocycles. The van der Waals surface area contributed by atoms with Crippen LogP contribution in [-0.4, -0.2) is 36.5 Å². The lowest BCUT2D eigenvalue weighted by Gasteiger charge is -2.41. The molecule has 3 fully saturated rings. The Balaban J connectivity index is 1.51. The van der Waals surface area contributed by atoms with Crippen molar-refractivity contribution in [1.29, 1.82) is 0 Å². The van der Waals surface area contributed by atoms with Crippen molar-refractivity contribution in [2.75, 3.05) is 13.6 Å². The van der Waals surface area contributed by atoms with E-state index >= 15 is 0 Å². The fraction of sp³-hybridized carbons (Fsp3) is 0.938. The Morgan fingerprint density at radius 2 is 1.84 bits per heavy atom. The second-order valence-corrected chi connectivity index (χ2v) is 6.96. The molecule has 1 aliphatic heterocycles. The summed E-state index contributed by atoms with van der Waals surface area (Å²) in [6, 6.07) is 0.720. The summed E-state index contributed by atoms with van der Waals surface area (Å²) in [4.78, 5) is 14.5. The molecule has 1 amide bonds. The van der Waals surface area contributed by atoms with Crippen LogP contribution in [-0.2, 0) is 4.79 Å². The van der Waals surface area contributed by atoms with E-state index in [9.17, 15) is 4.79 Å². The predicted octanol–water partition coefficient (Wildman–Crippen LogP) is 2.56. The zero-order valence-electron chi connectivity index (χ0n) is 12.2. The minimum absolute atomic E-state index is 0.101. The van der Waals surface area contributed by atoms with Crippen LogP contribution < -0.4 is 5.32 Å². The van der Waals surface area contributed by atoms with Crippen LogP contribution in [0.3, 0.4) is 0 Å². The van der Waals surface area contributed by atoms with Crippen molar-refractivity contribution in [2.24, 2.45) is 11.8 Å². The van der Waals surface area contributed by atoms with Crippen LogP contribution in [0.15, 0.2) is 0 Å². The van der Waals surface area contributed by atoms with E-state index in [4.69, 9.17) is 0 Å². The monoisotopic (exact) mass is 264 g/mol. The van der Waals surface area contributed by atoms with Crippen molar-refractivity contribution in [3.63, 3.8) is 0 Å². The maximum atomic E-state index is 12.5. The van der Waals surface area contributed by atoms with Crippen molar-refractivity contribution >= 4 is 5.91 Å². The number of hydrogen-bond donors (Lipinski definition) is 1. The van der Waals surface area contributed by atoms with Gasteiger partial charge in [0.25, 0.3) is 0 Å². The first-order valence-corrected chi connectivity index (χ1v) is 8.25. The fourth-order valence-electron chi connectivity index (χ4n) is 4.11. The second kappa shape index (κ2) is 5.82. The SMILES string of the molecule is CN(CC1CCC1)C(=O)C1CCC2CCCCC2N1. The number of rotatable bonds is 3. The van der Waals surface area contributed by atoms with Gasteiger partial charge in [-0.3, -0.25) is 4.79 Å². The van der Waals surface area contributed by atoms with Crippen LogP contribution >= 0.6 is 0 Å². The van der Waals surface area contributed by atoms with Crippen LogP contribution in [0.4, 0.5) is 0 Å². The van der Waals surface area contributed by atoms with Crippen molar-refractivity contribution in [3.8, 4) is 0 Å². The molecule has 2 saturated carbocycles. The van der Waals surface area contributed by atoms with Gasteiger partial charge in [0.05, 0.1) is 6.04 Å². The van der Waals surface area contributed by atoms with Crippen molar-refractivity contribution in [2.45, 2.75) is 69.9 Å².